The van der Waals surface area contributed by atoms with Crippen molar-refractivity contribution in [2.24, 2.45) is 9.98 Å². The first-order chi connectivity index (χ1) is 13.6. The Balaban J connectivity index is 2.12. The monoisotopic (exact) mass is 403 g/mol. The summed E-state index contributed by atoms with van der Waals surface area (Å²) in [6.07, 6.45) is 15.4. The van der Waals surface area contributed by atoms with Crippen LogP contribution in [0.1, 0.15) is 45.4 Å². The largest absolute Gasteiger partial charge is 0.356 e. The molecule has 5 nitrogen and oxygen atoms in total. The molecule has 28 heavy (non-hydrogen) atoms. The van der Waals surface area contributed by atoms with Crippen LogP contribution in [0, 0.1) is 0 Å². The minimum atomic E-state index is 0.542. The fourth-order valence-electron chi connectivity index (χ4n) is 3.93. The topological polar surface area (TPSA) is 43.2 Å². The summed E-state index contributed by atoms with van der Waals surface area (Å²) in [5.41, 5.74) is 2.10. The minimum Gasteiger partial charge on any atom is -0.356 e. The number of rotatable bonds is 9. The van der Waals surface area contributed by atoms with Gasteiger partial charge in [-0.25, -0.2) is 0 Å². The Hall–Kier alpha value is -1.37. The predicted octanol–water partition coefficient (Wildman–Crippen LogP) is 4.27. The van der Waals surface area contributed by atoms with Gasteiger partial charge in [-0.05, 0) is 51.7 Å². The van der Waals surface area contributed by atoms with E-state index in [0.29, 0.717) is 18.8 Å². The van der Waals surface area contributed by atoms with E-state index in [1.807, 2.05) is 24.2 Å². The number of aliphatic imine (C=N–C) groups is 2. The molecule has 6 heteroatoms. The van der Waals surface area contributed by atoms with Crippen molar-refractivity contribution in [3.63, 3.8) is 0 Å². The number of amidine groups is 1. The van der Waals surface area contributed by atoms with E-state index in [2.05, 4.69) is 59.1 Å². The molecule has 1 heterocycles. The van der Waals surface area contributed by atoms with Gasteiger partial charge in [0.1, 0.15) is 5.84 Å². The van der Waals surface area contributed by atoms with E-state index in [4.69, 9.17) is 4.99 Å². The van der Waals surface area contributed by atoms with Crippen LogP contribution in [-0.4, -0.2) is 66.9 Å². The molecule has 0 atom stereocenters. The van der Waals surface area contributed by atoms with E-state index in [0.717, 1.165) is 30.1 Å². The van der Waals surface area contributed by atoms with Crippen LogP contribution in [0.25, 0.3) is 0 Å². The second kappa shape index (κ2) is 12.2. The number of nitrogens with one attached hydrogen (secondary N) is 1. The summed E-state index contributed by atoms with van der Waals surface area (Å²) in [5.74, 6) is 0.995. The number of piperidine rings is 1. The molecule has 2 fully saturated rings. The third-order valence-corrected chi connectivity index (χ3v) is 6.60. The first kappa shape index (κ1) is 22.9. The molecular formula is C22H37N5S. The van der Waals surface area contributed by atoms with Crippen molar-refractivity contribution in [3.05, 3.63) is 36.1 Å². The molecule has 1 aliphatic carbocycles. The summed E-state index contributed by atoms with van der Waals surface area (Å²) < 4.78 is 2.43. The average Bonchev–Trinajstić information content (AvgIpc) is 3.26. The highest BCUT2D eigenvalue weighted by Gasteiger charge is 2.24. The zero-order valence-corrected chi connectivity index (χ0v) is 18.7. The molecule has 0 radical (unpaired) electrons. The maximum atomic E-state index is 4.99. The van der Waals surface area contributed by atoms with Crippen LogP contribution in [0.3, 0.4) is 0 Å². The predicted molar refractivity (Wildman–Crippen MR) is 125 cm³/mol. The van der Waals surface area contributed by atoms with Crippen LogP contribution in [0.2, 0.25) is 0 Å². The number of hydrogen-bond donors (Lipinski definition) is 1. The summed E-state index contributed by atoms with van der Waals surface area (Å²) in [6, 6.07) is 1.09. The lowest BCUT2D eigenvalue weighted by molar-refractivity contribution is 0.310. The summed E-state index contributed by atoms with van der Waals surface area (Å²) in [6.45, 7) is 12.5. The van der Waals surface area contributed by atoms with Crippen LogP contribution >= 0.6 is 11.9 Å². The SMILES string of the molecule is C=C/C(C)=C\C(=C\N=C)C(=NCNC1CCN(SC)CC1)N(C)C1CCCC1. The average molecular weight is 404 g/mol. The van der Waals surface area contributed by atoms with Crippen molar-refractivity contribution in [2.45, 2.75) is 57.5 Å². The fourth-order valence-corrected chi connectivity index (χ4v) is 4.50. The zero-order valence-electron chi connectivity index (χ0n) is 17.9. The molecule has 1 N–H and O–H groups in total. The van der Waals surface area contributed by atoms with Gasteiger partial charge in [0.2, 0.25) is 0 Å². The zero-order chi connectivity index (χ0) is 20.4. The van der Waals surface area contributed by atoms with Gasteiger partial charge in [0.15, 0.2) is 0 Å². The van der Waals surface area contributed by atoms with Crippen molar-refractivity contribution >= 4 is 24.5 Å². The molecule has 0 aromatic rings. The molecule has 156 valence electrons. The molecule has 0 amide bonds. The van der Waals surface area contributed by atoms with E-state index >= 15 is 0 Å². The Morgan fingerprint density at radius 2 is 1.93 bits per heavy atom. The Labute approximate surface area is 175 Å². The lowest BCUT2D eigenvalue weighted by Crippen LogP contribution is -2.41. The molecule has 2 rings (SSSR count). The minimum absolute atomic E-state index is 0.542. The molecule has 0 aromatic carbocycles. The lowest BCUT2D eigenvalue weighted by atomic mass is 10.1. The Kier molecular flexibility index (Phi) is 10.0. The highest BCUT2D eigenvalue weighted by Crippen LogP contribution is 2.24. The van der Waals surface area contributed by atoms with Gasteiger partial charge in [0, 0.05) is 44.0 Å². The number of allylic oxidation sites excluding steroid dienone is 2. The second-order valence-corrected chi connectivity index (χ2v) is 8.52. The van der Waals surface area contributed by atoms with Gasteiger partial charge in [-0.2, -0.15) is 0 Å². The number of nitrogens with zero attached hydrogens (tertiary/aromatic N) is 4. The molecular weight excluding hydrogens is 366 g/mol. The lowest BCUT2D eigenvalue weighted by Gasteiger charge is -2.31. The van der Waals surface area contributed by atoms with Crippen LogP contribution in [-0.2, 0) is 0 Å². The maximum Gasteiger partial charge on any atom is 0.133 e. The molecule has 1 aliphatic heterocycles. The summed E-state index contributed by atoms with van der Waals surface area (Å²) in [4.78, 5) is 11.4. The highest BCUT2D eigenvalue weighted by molar-refractivity contribution is 7.96. The van der Waals surface area contributed by atoms with Gasteiger partial charge in [-0.15, -0.1) is 0 Å². The second-order valence-electron chi connectivity index (χ2n) is 7.64. The molecule has 0 unspecified atom stereocenters. The summed E-state index contributed by atoms with van der Waals surface area (Å²) in [7, 11) is 2.17. The third kappa shape index (κ3) is 6.90. The molecule has 0 spiro atoms. The van der Waals surface area contributed by atoms with Crippen molar-refractivity contribution in [1.29, 1.82) is 0 Å². The first-order valence-electron chi connectivity index (χ1n) is 10.4. The van der Waals surface area contributed by atoms with E-state index in [9.17, 15) is 0 Å². The third-order valence-electron chi connectivity index (χ3n) is 5.72. The van der Waals surface area contributed by atoms with Gasteiger partial charge in [0.25, 0.3) is 0 Å². The van der Waals surface area contributed by atoms with Crippen molar-refractivity contribution in [3.8, 4) is 0 Å². The van der Waals surface area contributed by atoms with Crippen molar-refractivity contribution < 1.29 is 0 Å². The van der Waals surface area contributed by atoms with Gasteiger partial charge >= 0.3 is 0 Å². The van der Waals surface area contributed by atoms with E-state index in [-0.39, 0.29) is 0 Å². The highest BCUT2D eigenvalue weighted by atomic mass is 32.2. The summed E-state index contributed by atoms with van der Waals surface area (Å²) >= 11 is 1.84. The van der Waals surface area contributed by atoms with E-state index < -0.39 is 0 Å². The smallest absolute Gasteiger partial charge is 0.133 e. The van der Waals surface area contributed by atoms with Gasteiger partial charge in [-0.3, -0.25) is 19.6 Å². The Morgan fingerprint density at radius 1 is 1.25 bits per heavy atom. The van der Waals surface area contributed by atoms with Crippen LogP contribution in [0.5, 0.6) is 0 Å². The molecule has 0 bridgehead atoms. The van der Waals surface area contributed by atoms with Gasteiger partial charge < -0.3 is 4.90 Å². The fraction of sp³-hybridized carbons (Fsp3) is 0.636. The summed E-state index contributed by atoms with van der Waals surface area (Å²) in [5, 5.41) is 3.64. The molecule has 1 saturated carbocycles. The molecule has 2 aliphatic rings. The van der Waals surface area contributed by atoms with Crippen LogP contribution in [0.4, 0.5) is 0 Å². The van der Waals surface area contributed by atoms with Crippen molar-refractivity contribution in [2.75, 3.05) is 33.1 Å². The Morgan fingerprint density at radius 3 is 2.50 bits per heavy atom. The van der Waals surface area contributed by atoms with Crippen LogP contribution < -0.4 is 5.32 Å². The standard InChI is InChI=1S/C22H37N5S/c1-6-18(2)15-19(16-23-3)22(26(4)21-9-7-8-10-21)25-17-24-20-11-13-27(28-5)14-12-20/h6,15-16,20-21,24H,1,3,7-14,17H2,2,4-5H3/b18-15-,19-16-,25-22?. The quantitative estimate of drug-likeness (QED) is 0.270. The first-order valence-corrected chi connectivity index (χ1v) is 11.5. The number of likely N-dealkylation sites (N-methyl/N-ethyl adjacent to an activating group) is 1. The Bertz CT molecular complexity index is 596. The molecule has 0 aromatic heterocycles. The number of hydrogen-bond acceptors (Lipinski definition) is 5. The van der Waals surface area contributed by atoms with Crippen LogP contribution in [0.15, 0.2) is 46.1 Å². The normalized spacial score (nSPS) is 21.2. The van der Waals surface area contributed by atoms with E-state index in [1.165, 1.54) is 38.5 Å². The maximum absolute atomic E-state index is 4.99. The van der Waals surface area contributed by atoms with E-state index in [1.54, 1.807) is 0 Å². The van der Waals surface area contributed by atoms with Gasteiger partial charge in [-0.1, -0.05) is 43.0 Å². The van der Waals surface area contributed by atoms with Gasteiger partial charge in [0.05, 0.1) is 6.67 Å². The molecule has 1 saturated heterocycles. The van der Waals surface area contributed by atoms with Crippen molar-refractivity contribution in [1.82, 2.24) is 14.5 Å².